The molecule has 0 fully saturated rings. The van der Waals surface area contributed by atoms with Crippen LogP contribution < -0.4 is 9.47 Å². The summed E-state index contributed by atoms with van der Waals surface area (Å²) in [5, 5.41) is 0. The predicted molar refractivity (Wildman–Crippen MR) is 103 cm³/mol. The van der Waals surface area contributed by atoms with Crippen LogP contribution in [0.5, 0.6) is 11.5 Å². The summed E-state index contributed by atoms with van der Waals surface area (Å²) in [6.07, 6.45) is 1.61. The molecule has 27 heavy (non-hydrogen) atoms. The Balaban J connectivity index is 1.70. The van der Waals surface area contributed by atoms with Gasteiger partial charge < -0.3 is 18.8 Å². The van der Waals surface area contributed by atoms with Crippen LogP contribution in [0.1, 0.15) is 16.9 Å². The number of furan rings is 1. The molecule has 1 aromatic heterocycles. The van der Waals surface area contributed by atoms with Gasteiger partial charge in [-0.05, 0) is 48.4 Å². The monoisotopic (exact) mass is 365 g/mol. The summed E-state index contributed by atoms with van der Waals surface area (Å²) >= 11 is 0. The fraction of sp³-hybridized carbons (Fsp3) is 0.227. The van der Waals surface area contributed by atoms with Crippen LogP contribution in [-0.2, 0) is 17.9 Å². The molecule has 0 aliphatic carbocycles. The van der Waals surface area contributed by atoms with Crippen LogP contribution >= 0.6 is 0 Å². The fourth-order valence-electron chi connectivity index (χ4n) is 2.72. The van der Waals surface area contributed by atoms with Crippen molar-refractivity contribution in [2.24, 2.45) is 0 Å². The van der Waals surface area contributed by atoms with E-state index < -0.39 is 0 Å². The normalized spacial score (nSPS) is 10.4. The van der Waals surface area contributed by atoms with Crippen LogP contribution in [0.25, 0.3) is 0 Å². The third kappa shape index (κ3) is 5.14. The van der Waals surface area contributed by atoms with E-state index >= 15 is 0 Å². The van der Waals surface area contributed by atoms with Gasteiger partial charge in [0.05, 0.1) is 19.9 Å². The highest BCUT2D eigenvalue weighted by molar-refractivity contribution is 5.77. The van der Waals surface area contributed by atoms with Crippen LogP contribution in [0.15, 0.2) is 71.3 Å². The zero-order chi connectivity index (χ0) is 19.1. The van der Waals surface area contributed by atoms with Crippen molar-refractivity contribution in [3.05, 3.63) is 83.8 Å². The molecule has 0 saturated heterocycles. The molecular weight excluding hydrogens is 342 g/mol. The molecule has 3 aromatic rings. The summed E-state index contributed by atoms with van der Waals surface area (Å²) in [4.78, 5) is 14.5. The molecule has 140 valence electrons. The Kier molecular flexibility index (Phi) is 6.15. The zero-order valence-electron chi connectivity index (χ0n) is 15.6. The van der Waals surface area contributed by atoms with Crippen LogP contribution in [0.4, 0.5) is 0 Å². The molecule has 0 saturated carbocycles. The highest BCUT2D eigenvalue weighted by Crippen LogP contribution is 2.18. The molecule has 5 nitrogen and oxygen atoms in total. The number of para-hydroxylation sites is 1. The first-order valence-electron chi connectivity index (χ1n) is 8.77. The molecule has 0 N–H and O–H groups in total. The van der Waals surface area contributed by atoms with Gasteiger partial charge in [0.1, 0.15) is 17.3 Å². The molecule has 5 heteroatoms. The van der Waals surface area contributed by atoms with E-state index in [4.69, 9.17) is 13.9 Å². The van der Waals surface area contributed by atoms with E-state index in [1.165, 1.54) is 0 Å². The SMILES string of the molecule is COc1ccc(CN(Cc2ccco2)C(=O)COc2ccccc2C)cc1. The second-order valence-corrected chi connectivity index (χ2v) is 6.23. The van der Waals surface area contributed by atoms with Gasteiger partial charge in [0.2, 0.25) is 0 Å². The topological polar surface area (TPSA) is 51.9 Å². The molecule has 1 amide bonds. The highest BCUT2D eigenvalue weighted by atomic mass is 16.5. The Bertz CT molecular complexity index is 856. The van der Waals surface area contributed by atoms with Crippen LogP contribution in [-0.4, -0.2) is 24.5 Å². The molecule has 0 radical (unpaired) electrons. The number of amides is 1. The summed E-state index contributed by atoms with van der Waals surface area (Å²) in [6.45, 7) is 2.77. The van der Waals surface area contributed by atoms with Crippen molar-refractivity contribution < 1.29 is 18.7 Å². The van der Waals surface area contributed by atoms with E-state index in [9.17, 15) is 4.79 Å². The smallest absolute Gasteiger partial charge is 0.261 e. The lowest BCUT2D eigenvalue weighted by molar-refractivity contribution is -0.134. The number of benzene rings is 2. The van der Waals surface area contributed by atoms with Crippen molar-refractivity contribution >= 4 is 5.91 Å². The number of methoxy groups -OCH3 is 1. The second-order valence-electron chi connectivity index (χ2n) is 6.23. The van der Waals surface area contributed by atoms with E-state index in [1.807, 2.05) is 67.6 Å². The van der Waals surface area contributed by atoms with Gasteiger partial charge in [0, 0.05) is 6.54 Å². The average Bonchev–Trinajstić information content (AvgIpc) is 3.20. The average molecular weight is 365 g/mol. The molecule has 0 aliphatic heterocycles. The third-order valence-corrected chi connectivity index (χ3v) is 4.26. The maximum absolute atomic E-state index is 12.8. The molecule has 1 heterocycles. The van der Waals surface area contributed by atoms with E-state index in [0.717, 1.165) is 22.6 Å². The van der Waals surface area contributed by atoms with Gasteiger partial charge in [-0.3, -0.25) is 4.79 Å². The number of rotatable bonds is 8. The summed E-state index contributed by atoms with van der Waals surface area (Å²) in [7, 11) is 1.63. The van der Waals surface area contributed by atoms with Crippen LogP contribution in [0.3, 0.4) is 0 Å². The quantitative estimate of drug-likeness (QED) is 0.600. The Morgan fingerprint density at radius 2 is 1.78 bits per heavy atom. The first-order valence-corrected chi connectivity index (χ1v) is 8.77. The third-order valence-electron chi connectivity index (χ3n) is 4.26. The first-order chi connectivity index (χ1) is 13.2. The second kappa shape index (κ2) is 8.94. The number of ether oxygens (including phenoxy) is 2. The summed E-state index contributed by atoms with van der Waals surface area (Å²) < 4.78 is 16.3. The van der Waals surface area contributed by atoms with E-state index in [0.29, 0.717) is 18.8 Å². The number of carbonyl (C=O) groups is 1. The number of aryl methyl sites for hydroxylation is 1. The predicted octanol–water partition coefficient (Wildman–Crippen LogP) is 4.20. The molecule has 2 aromatic carbocycles. The van der Waals surface area contributed by atoms with E-state index in [-0.39, 0.29) is 12.5 Å². The van der Waals surface area contributed by atoms with Crippen molar-refractivity contribution in [2.75, 3.05) is 13.7 Å². The van der Waals surface area contributed by atoms with Crippen molar-refractivity contribution in [1.29, 1.82) is 0 Å². The first kappa shape index (κ1) is 18.6. The van der Waals surface area contributed by atoms with E-state index in [2.05, 4.69) is 0 Å². The fourth-order valence-corrected chi connectivity index (χ4v) is 2.72. The lowest BCUT2D eigenvalue weighted by atomic mass is 10.2. The maximum Gasteiger partial charge on any atom is 0.261 e. The van der Waals surface area contributed by atoms with Crippen molar-refractivity contribution in [3.63, 3.8) is 0 Å². The minimum atomic E-state index is -0.106. The summed E-state index contributed by atoms with van der Waals surface area (Å²) in [5.41, 5.74) is 2.00. The molecule has 0 atom stereocenters. The van der Waals surface area contributed by atoms with Gasteiger partial charge in [-0.2, -0.15) is 0 Å². The zero-order valence-corrected chi connectivity index (χ0v) is 15.6. The Labute approximate surface area is 159 Å². The molecule has 0 aliphatic rings. The summed E-state index contributed by atoms with van der Waals surface area (Å²) in [5.74, 6) is 2.12. The Morgan fingerprint density at radius 1 is 1.00 bits per heavy atom. The maximum atomic E-state index is 12.8. The van der Waals surface area contributed by atoms with Gasteiger partial charge in [-0.25, -0.2) is 0 Å². The lowest BCUT2D eigenvalue weighted by Gasteiger charge is -2.22. The van der Waals surface area contributed by atoms with Crippen molar-refractivity contribution in [1.82, 2.24) is 4.90 Å². The van der Waals surface area contributed by atoms with Gasteiger partial charge in [-0.15, -0.1) is 0 Å². The molecule has 0 unspecified atom stereocenters. The molecule has 0 spiro atoms. The largest absolute Gasteiger partial charge is 0.497 e. The molecular formula is C22H23NO4. The highest BCUT2D eigenvalue weighted by Gasteiger charge is 2.17. The molecule has 3 rings (SSSR count). The number of hydrogen-bond donors (Lipinski definition) is 0. The van der Waals surface area contributed by atoms with Crippen molar-refractivity contribution in [3.8, 4) is 11.5 Å². The van der Waals surface area contributed by atoms with Crippen LogP contribution in [0.2, 0.25) is 0 Å². The van der Waals surface area contributed by atoms with Gasteiger partial charge >= 0.3 is 0 Å². The van der Waals surface area contributed by atoms with Gasteiger partial charge in [0.15, 0.2) is 6.61 Å². The number of carbonyl (C=O) groups excluding carboxylic acids is 1. The van der Waals surface area contributed by atoms with Gasteiger partial charge in [0.25, 0.3) is 5.91 Å². The van der Waals surface area contributed by atoms with Crippen molar-refractivity contribution in [2.45, 2.75) is 20.0 Å². The Morgan fingerprint density at radius 3 is 2.44 bits per heavy atom. The minimum absolute atomic E-state index is 0.0261. The number of hydrogen-bond acceptors (Lipinski definition) is 4. The Hall–Kier alpha value is -3.21. The van der Waals surface area contributed by atoms with E-state index in [1.54, 1.807) is 18.3 Å². The van der Waals surface area contributed by atoms with Crippen LogP contribution in [0, 0.1) is 6.92 Å². The van der Waals surface area contributed by atoms with Gasteiger partial charge in [-0.1, -0.05) is 30.3 Å². The summed E-state index contributed by atoms with van der Waals surface area (Å²) in [6, 6.07) is 19.0. The number of nitrogens with zero attached hydrogens (tertiary/aromatic N) is 1. The minimum Gasteiger partial charge on any atom is -0.497 e. The molecule has 0 bridgehead atoms. The standard InChI is InChI=1S/C22H23NO4/c1-17-6-3-4-8-21(17)27-16-22(24)23(15-20-7-5-13-26-20)14-18-9-11-19(25-2)12-10-18/h3-13H,14-16H2,1-2H3. The lowest BCUT2D eigenvalue weighted by Crippen LogP contribution is -2.34.